The summed E-state index contributed by atoms with van der Waals surface area (Å²) in [6.07, 6.45) is 1.44. The third-order valence-electron chi connectivity index (χ3n) is 4.87. The minimum Gasteiger partial charge on any atom is -0.508 e. The number of nitrogen functional groups attached to an aromatic ring is 1. The summed E-state index contributed by atoms with van der Waals surface area (Å²) >= 11 is 0. The number of hydrogen-bond donors (Lipinski definition) is 2. The molecule has 0 unspecified atom stereocenters. The third kappa shape index (κ3) is 2.62. The summed E-state index contributed by atoms with van der Waals surface area (Å²) in [5.74, 6) is 1.17. The van der Waals surface area contributed by atoms with Gasteiger partial charge in [-0.2, -0.15) is 4.98 Å². The molecule has 0 spiro atoms. The van der Waals surface area contributed by atoms with E-state index in [2.05, 4.69) is 9.97 Å². The second-order valence-electron chi connectivity index (χ2n) is 7.32. The van der Waals surface area contributed by atoms with Crippen LogP contribution in [0.1, 0.15) is 30.5 Å². The number of anilines is 1. The molecule has 0 fully saturated rings. The maximum absolute atomic E-state index is 10.3. The topological polar surface area (TPSA) is 99.1 Å². The van der Waals surface area contributed by atoms with Crippen LogP contribution in [0.2, 0.25) is 0 Å². The summed E-state index contributed by atoms with van der Waals surface area (Å²) in [5.41, 5.74) is 11.0. The molecule has 0 saturated carbocycles. The lowest BCUT2D eigenvalue weighted by Gasteiger charge is -2.15. The van der Waals surface area contributed by atoms with Crippen LogP contribution in [-0.2, 0) is 0 Å². The van der Waals surface area contributed by atoms with E-state index in [1.807, 2.05) is 51.3 Å². The van der Waals surface area contributed by atoms with Crippen LogP contribution in [0.15, 0.2) is 24.5 Å². The zero-order valence-corrected chi connectivity index (χ0v) is 16.6. The highest BCUT2D eigenvalue weighted by Crippen LogP contribution is 2.38. The molecule has 0 aliphatic rings. The van der Waals surface area contributed by atoms with E-state index in [1.54, 1.807) is 6.07 Å². The smallest absolute Gasteiger partial charge is 0.218 e. The number of phenols is 1. The van der Waals surface area contributed by atoms with Crippen LogP contribution in [0, 0.1) is 20.8 Å². The highest BCUT2D eigenvalue weighted by atomic mass is 16.5. The first kappa shape index (κ1) is 18.0. The Morgan fingerprint density at radius 2 is 1.82 bits per heavy atom. The van der Waals surface area contributed by atoms with E-state index < -0.39 is 0 Å². The molecule has 0 amide bonds. The van der Waals surface area contributed by atoms with Crippen molar-refractivity contribution in [2.24, 2.45) is 0 Å². The van der Waals surface area contributed by atoms with Crippen LogP contribution >= 0.6 is 0 Å². The van der Waals surface area contributed by atoms with Gasteiger partial charge in [0.05, 0.1) is 17.2 Å². The maximum Gasteiger partial charge on any atom is 0.218 e. The van der Waals surface area contributed by atoms with Gasteiger partial charge in [0.2, 0.25) is 5.88 Å². The van der Waals surface area contributed by atoms with Gasteiger partial charge in [0.1, 0.15) is 17.9 Å². The number of rotatable bonds is 3. The fraction of sp³-hybridized carbons (Fsp3) is 0.286. The molecule has 3 aromatic heterocycles. The number of nitrogens with two attached hydrogens (primary N) is 1. The van der Waals surface area contributed by atoms with E-state index in [-0.39, 0.29) is 11.9 Å². The van der Waals surface area contributed by atoms with Crippen molar-refractivity contribution in [1.29, 1.82) is 0 Å². The number of benzene rings is 1. The summed E-state index contributed by atoms with van der Waals surface area (Å²) < 4.78 is 7.84. The second-order valence-corrected chi connectivity index (χ2v) is 7.32. The van der Waals surface area contributed by atoms with Gasteiger partial charge in [-0.25, -0.2) is 9.97 Å². The molecule has 1 aromatic carbocycles. The van der Waals surface area contributed by atoms with Crippen molar-refractivity contribution in [1.82, 2.24) is 19.5 Å². The van der Waals surface area contributed by atoms with Crippen LogP contribution < -0.4 is 10.5 Å². The van der Waals surface area contributed by atoms with Crippen molar-refractivity contribution in [2.75, 3.05) is 5.73 Å². The Bertz CT molecular complexity index is 1230. The van der Waals surface area contributed by atoms with E-state index >= 15 is 0 Å². The van der Waals surface area contributed by atoms with E-state index in [0.29, 0.717) is 23.0 Å². The Balaban J connectivity index is 2.21. The largest absolute Gasteiger partial charge is 0.508 e. The predicted octanol–water partition coefficient (Wildman–Crippen LogP) is 3.97. The van der Waals surface area contributed by atoms with Gasteiger partial charge in [-0.1, -0.05) is 6.07 Å². The van der Waals surface area contributed by atoms with Crippen LogP contribution in [0.4, 0.5) is 5.82 Å². The van der Waals surface area contributed by atoms with Crippen LogP contribution in [0.5, 0.6) is 11.6 Å². The minimum absolute atomic E-state index is 0.00409. The first-order valence-corrected chi connectivity index (χ1v) is 9.18. The summed E-state index contributed by atoms with van der Waals surface area (Å²) in [5, 5.41) is 11.9. The summed E-state index contributed by atoms with van der Waals surface area (Å²) in [7, 11) is 0. The molecule has 0 atom stereocenters. The number of pyridine rings is 1. The first-order chi connectivity index (χ1) is 13.3. The molecule has 3 N–H and O–H groups in total. The first-order valence-electron chi connectivity index (χ1n) is 9.18. The van der Waals surface area contributed by atoms with Gasteiger partial charge in [-0.3, -0.25) is 4.57 Å². The predicted molar refractivity (Wildman–Crippen MR) is 110 cm³/mol. The van der Waals surface area contributed by atoms with Crippen LogP contribution in [-0.4, -0.2) is 30.7 Å². The molecule has 4 rings (SSSR count). The lowest BCUT2D eigenvalue weighted by atomic mass is 10.1. The standard InChI is InChI=1S/C21H23N5O2/c1-10(2)28-21-12(4)8-14-16-18(22)23-9-24-20(16)26(19(14)25-21)17-11(3)6-7-15(27)13(17)5/h6-10,27H,1-5H3,(H2,22,23,24). The van der Waals surface area contributed by atoms with Crippen molar-refractivity contribution in [3.05, 3.63) is 41.2 Å². The Hall–Kier alpha value is -3.35. The van der Waals surface area contributed by atoms with Gasteiger partial charge in [-0.05, 0) is 52.3 Å². The summed E-state index contributed by atoms with van der Waals surface area (Å²) in [6.45, 7) is 9.75. The minimum atomic E-state index is -0.00409. The normalized spacial score (nSPS) is 11.6. The number of ether oxygens (including phenoxy) is 1. The number of aromatic nitrogens is 4. The zero-order chi connectivity index (χ0) is 20.2. The fourth-order valence-corrected chi connectivity index (χ4v) is 3.58. The molecule has 0 aliphatic carbocycles. The molecular weight excluding hydrogens is 354 g/mol. The number of aromatic hydroxyl groups is 1. The van der Waals surface area contributed by atoms with E-state index in [9.17, 15) is 5.11 Å². The number of phenolic OH excluding ortho intramolecular Hbond substituents is 1. The van der Waals surface area contributed by atoms with E-state index in [1.165, 1.54) is 6.33 Å². The van der Waals surface area contributed by atoms with Gasteiger partial charge < -0.3 is 15.6 Å². The molecule has 0 aliphatic heterocycles. The number of aryl methyl sites for hydroxylation is 2. The average Bonchev–Trinajstić information content (AvgIpc) is 2.93. The van der Waals surface area contributed by atoms with Gasteiger partial charge in [-0.15, -0.1) is 0 Å². The van der Waals surface area contributed by atoms with Gasteiger partial charge in [0, 0.05) is 16.5 Å². The Labute approximate surface area is 162 Å². The molecular formula is C21H23N5O2. The van der Waals surface area contributed by atoms with Gasteiger partial charge >= 0.3 is 0 Å². The molecule has 3 heterocycles. The number of hydrogen-bond acceptors (Lipinski definition) is 6. The van der Waals surface area contributed by atoms with Crippen LogP contribution in [0.3, 0.4) is 0 Å². The number of nitrogens with zero attached hydrogens (tertiary/aromatic N) is 4. The highest BCUT2D eigenvalue weighted by Gasteiger charge is 2.22. The third-order valence-corrected chi connectivity index (χ3v) is 4.87. The highest BCUT2D eigenvalue weighted by molar-refractivity contribution is 6.11. The van der Waals surface area contributed by atoms with Gasteiger partial charge in [0.15, 0.2) is 11.3 Å². The molecule has 7 heteroatoms. The van der Waals surface area contributed by atoms with Crippen molar-refractivity contribution in [2.45, 2.75) is 40.7 Å². The Morgan fingerprint density at radius 3 is 2.54 bits per heavy atom. The monoisotopic (exact) mass is 377 g/mol. The Kier molecular flexibility index (Phi) is 4.10. The van der Waals surface area contributed by atoms with Gasteiger partial charge in [0.25, 0.3) is 0 Å². The molecule has 0 radical (unpaired) electrons. The molecule has 0 saturated heterocycles. The molecule has 7 nitrogen and oxygen atoms in total. The molecule has 28 heavy (non-hydrogen) atoms. The lowest BCUT2D eigenvalue weighted by Crippen LogP contribution is -2.09. The average molecular weight is 377 g/mol. The Morgan fingerprint density at radius 1 is 1.07 bits per heavy atom. The summed E-state index contributed by atoms with van der Waals surface area (Å²) in [4.78, 5) is 13.5. The summed E-state index contributed by atoms with van der Waals surface area (Å²) in [6, 6.07) is 5.57. The molecule has 0 bridgehead atoms. The lowest BCUT2D eigenvalue weighted by molar-refractivity contribution is 0.231. The molecule has 144 valence electrons. The zero-order valence-electron chi connectivity index (χ0n) is 16.6. The van der Waals surface area contributed by atoms with Crippen molar-refractivity contribution >= 4 is 27.9 Å². The second kappa shape index (κ2) is 6.37. The molecule has 4 aromatic rings. The van der Waals surface area contributed by atoms with Crippen molar-refractivity contribution in [3.63, 3.8) is 0 Å². The van der Waals surface area contributed by atoms with Crippen molar-refractivity contribution < 1.29 is 9.84 Å². The number of fused-ring (bicyclic) bond motifs is 3. The quantitative estimate of drug-likeness (QED) is 0.560. The fourth-order valence-electron chi connectivity index (χ4n) is 3.58. The van der Waals surface area contributed by atoms with Crippen LogP contribution in [0.25, 0.3) is 27.8 Å². The maximum atomic E-state index is 10.3. The van der Waals surface area contributed by atoms with E-state index in [4.69, 9.17) is 15.5 Å². The SMILES string of the molecule is Cc1cc2c3c(N)ncnc3n(-c3c(C)ccc(O)c3C)c2nc1OC(C)C. The van der Waals surface area contributed by atoms with Crippen molar-refractivity contribution in [3.8, 4) is 17.3 Å². The van der Waals surface area contributed by atoms with E-state index in [0.717, 1.165) is 33.2 Å².